The molecule has 25 heavy (non-hydrogen) atoms. The number of carbonyl (C=O) groups is 1. The number of rotatable bonds is 7. The van der Waals surface area contributed by atoms with Gasteiger partial charge in [-0.25, -0.2) is 13.2 Å². The normalized spacial score (nSPS) is 13.9. The Morgan fingerprint density at radius 1 is 1.00 bits per heavy atom. The van der Waals surface area contributed by atoms with Crippen molar-refractivity contribution in [3.8, 4) is 0 Å². The third-order valence-electron chi connectivity index (χ3n) is 3.99. The number of hydrogen-bond donors (Lipinski definition) is 0. The molecule has 1 rings (SSSR count). The van der Waals surface area contributed by atoms with Gasteiger partial charge in [0.05, 0.1) is 13.5 Å². The highest BCUT2D eigenvalue weighted by atomic mass is 28.4. The fourth-order valence-corrected chi connectivity index (χ4v) is 14.2. The lowest BCUT2D eigenvalue weighted by molar-refractivity contribution is -0.141. The van der Waals surface area contributed by atoms with Gasteiger partial charge in [-0.2, -0.15) is 0 Å². The zero-order chi connectivity index (χ0) is 19.6. The molecule has 0 aliphatic heterocycles. The number of ether oxygens (including phenoxy) is 1. The number of halogens is 3. The van der Waals surface area contributed by atoms with E-state index >= 15 is 0 Å². The highest BCUT2D eigenvalue weighted by molar-refractivity contribution is 6.89. The molecule has 0 aliphatic rings. The molecule has 0 aliphatic carbocycles. The van der Waals surface area contributed by atoms with Gasteiger partial charge in [0.25, 0.3) is 0 Å². The summed E-state index contributed by atoms with van der Waals surface area (Å²) in [5, 5.41) is 0. The largest absolute Gasteiger partial charge is 0.469 e. The van der Waals surface area contributed by atoms with E-state index in [4.69, 9.17) is 4.74 Å². The van der Waals surface area contributed by atoms with Crippen molar-refractivity contribution in [1.29, 1.82) is 0 Å². The van der Waals surface area contributed by atoms with Crippen molar-refractivity contribution in [1.82, 2.24) is 4.23 Å². The summed E-state index contributed by atoms with van der Waals surface area (Å²) in [6, 6.07) is 1.14. The molecular formula is C17H28F3NO2Si2. The summed E-state index contributed by atoms with van der Waals surface area (Å²) >= 11 is 0. The van der Waals surface area contributed by atoms with Crippen molar-refractivity contribution in [2.24, 2.45) is 0 Å². The van der Waals surface area contributed by atoms with E-state index in [0.29, 0.717) is 6.07 Å². The Morgan fingerprint density at radius 2 is 1.48 bits per heavy atom. The standard InChI is InChI=1S/C17H28F3NO2Si2/c1-23-17(22)10-13(21(24(2,3)4)25(5,6)7)8-12-9-15(19)16(20)11-14(12)18/h9,11,13H,8,10H2,1-7H3. The van der Waals surface area contributed by atoms with Gasteiger partial charge >= 0.3 is 5.97 Å². The molecule has 0 N–H and O–H groups in total. The second-order valence-electron chi connectivity index (χ2n) is 8.21. The van der Waals surface area contributed by atoms with Gasteiger partial charge in [-0.3, -0.25) is 4.79 Å². The van der Waals surface area contributed by atoms with Gasteiger partial charge in [0, 0.05) is 12.1 Å². The molecule has 0 fully saturated rings. The monoisotopic (exact) mass is 391 g/mol. The predicted molar refractivity (Wildman–Crippen MR) is 99.0 cm³/mol. The summed E-state index contributed by atoms with van der Waals surface area (Å²) in [5.74, 6) is -3.48. The first kappa shape index (κ1) is 21.9. The van der Waals surface area contributed by atoms with Gasteiger partial charge in [0.15, 0.2) is 11.6 Å². The van der Waals surface area contributed by atoms with E-state index in [1.54, 1.807) is 0 Å². The zero-order valence-electron chi connectivity index (χ0n) is 16.0. The van der Waals surface area contributed by atoms with Crippen LogP contribution in [0.3, 0.4) is 0 Å². The van der Waals surface area contributed by atoms with Gasteiger partial charge in [0.1, 0.15) is 22.3 Å². The number of esters is 1. The van der Waals surface area contributed by atoms with E-state index < -0.39 is 39.9 Å². The highest BCUT2D eigenvalue weighted by Crippen LogP contribution is 2.28. The molecule has 0 radical (unpaired) electrons. The summed E-state index contributed by atoms with van der Waals surface area (Å²) in [4.78, 5) is 11.9. The van der Waals surface area contributed by atoms with Crippen molar-refractivity contribution >= 4 is 22.4 Å². The molecule has 0 saturated heterocycles. The van der Waals surface area contributed by atoms with Crippen molar-refractivity contribution in [3.05, 3.63) is 35.1 Å². The molecule has 1 atom stereocenters. The van der Waals surface area contributed by atoms with Gasteiger partial charge < -0.3 is 8.97 Å². The summed E-state index contributed by atoms with van der Waals surface area (Å²) in [6.45, 7) is 13.0. The lowest BCUT2D eigenvalue weighted by Crippen LogP contribution is -2.64. The molecular weight excluding hydrogens is 363 g/mol. The van der Waals surface area contributed by atoms with E-state index in [1.807, 2.05) is 0 Å². The zero-order valence-corrected chi connectivity index (χ0v) is 18.0. The van der Waals surface area contributed by atoms with Crippen LogP contribution in [0.25, 0.3) is 0 Å². The van der Waals surface area contributed by atoms with Gasteiger partial charge in [-0.1, -0.05) is 39.3 Å². The number of nitrogens with zero attached hydrogens (tertiary/aromatic N) is 1. The van der Waals surface area contributed by atoms with Crippen LogP contribution in [0.4, 0.5) is 13.2 Å². The first-order valence-electron chi connectivity index (χ1n) is 8.27. The van der Waals surface area contributed by atoms with Crippen LogP contribution in [0.15, 0.2) is 12.1 Å². The maximum absolute atomic E-state index is 14.1. The molecule has 0 bridgehead atoms. The average molecular weight is 392 g/mol. The number of methoxy groups -OCH3 is 1. The van der Waals surface area contributed by atoms with E-state index in [2.05, 4.69) is 43.5 Å². The number of benzene rings is 1. The first-order chi connectivity index (χ1) is 11.3. The summed E-state index contributed by atoms with van der Waals surface area (Å²) in [6.07, 6.45) is 0.218. The minimum absolute atomic E-state index is 0.0781. The molecule has 1 aromatic rings. The minimum Gasteiger partial charge on any atom is -0.469 e. The third kappa shape index (κ3) is 5.97. The smallest absolute Gasteiger partial charge is 0.307 e. The van der Waals surface area contributed by atoms with Crippen LogP contribution < -0.4 is 0 Å². The van der Waals surface area contributed by atoms with Gasteiger partial charge in [-0.05, 0) is 18.1 Å². The molecule has 1 unspecified atom stereocenters. The van der Waals surface area contributed by atoms with Crippen LogP contribution in [-0.2, 0) is 16.0 Å². The topological polar surface area (TPSA) is 29.5 Å². The van der Waals surface area contributed by atoms with Crippen molar-refractivity contribution in [2.75, 3.05) is 7.11 Å². The maximum Gasteiger partial charge on any atom is 0.307 e. The Bertz CT molecular complexity index is 614. The molecule has 3 nitrogen and oxygen atoms in total. The van der Waals surface area contributed by atoms with Crippen molar-refractivity contribution in [2.45, 2.75) is 58.2 Å². The van der Waals surface area contributed by atoms with Crippen LogP contribution in [0.2, 0.25) is 39.3 Å². The summed E-state index contributed by atoms with van der Waals surface area (Å²) < 4.78 is 48.1. The molecule has 0 aromatic heterocycles. The molecule has 1 aromatic carbocycles. The SMILES string of the molecule is COC(=O)CC(Cc1cc(F)c(F)cc1F)N([Si](C)(C)C)[Si](C)(C)C. The Hall–Kier alpha value is -1.13. The van der Waals surface area contributed by atoms with Crippen LogP contribution in [0.5, 0.6) is 0 Å². The lowest BCUT2D eigenvalue weighted by Gasteiger charge is -2.48. The molecule has 0 heterocycles. The van der Waals surface area contributed by atoms with Crippen LogP contribution in [-0.4, -0.2) is 39.8 Å². The molecule has 142 valence electrons. The number of hydrogen-bond acceptors (Lipinski definition) is 3. The minimum atomic E-state index is -1.86. The van der Waals surface area contributed by atoms with Gasteiger partial charge in [-0.15, -0.1) is 0 Å². The fourth-order valence-electron chi connectivity index (χ4n) is 3.61. The van der Waals surface area contributed by atoms with E-state index in [0.717, 1.165) is 6.07 Å². The first-order valence-corrected chi connectivity index (χ1v) is 15.2. The Morgan fingerprint density at radius 3 is 1.92 bits per heavy atom. The lowest BCUT2D eigenvalue weighted by atomic mass is 10.0. The van der Waals surface area contributed by atoms with Crippen LogP contribution in [0, 0.1) is 17.5 Å². The summed E-state index contributed by atoms with van der Waals surface area (Å²) in [7, 11) is -2.42. The molecule has 0 saturated carbocycles. The van der Waals surface area contributed by atoms with Crippen LogP contribution >= 0.6 is 0 Å². The maximum atomic E-state index is 14.1. The second-order valence-corrected chi connectivity index (χ2v) is 18.3. The Balaban J connectivity index is 3.33. The van der Waals surface area contributed by atoms with Gasteiger partial charge in [0.2, 0.25) is 0 Å². The fraction of sp³-hybridized carbons (Fsp3) is 0.588. The number of carbonyl (C=O) groups excluding carboxylic acids is 1. The molecule has 0 amide bonds. The third-order valence-corrected chi connectivity index (χ3v) is 11.6. The Labute approximate surface area is 150 Å². The van der Waals surface area contributed by atoms with Crippen LogP contribution in [0.1, 0.15) is 12.0 Å². The quantitative estimate of drug-likeness (QED) is 0.388. The summed E-state index contributed by atoms with van der Waals surface area (Å²) in [5.41, 5.74) is 0.0781. The van der Waals surface area contributed by atoms with E-state index in [1.165, 1.54) is 7.11 Å². The van der Waals surface area contributed by atoms with Crippen molar-refractivity contribution < 1.29 is 22.7 Å². The van der Waals surface area contributed by atoms with E-state index in [9.17, 15) is 18.0 Å². The highest BCUT2D eigenvalue weighted by Gasteiger charge is 2.40. The average Bonchev–Trinajstić information content (AvgIpc) is 2.41. The predicted octanol–water partition coefficient (Wildman–Crippen LogP) is 4.55. The Kier molecular flexibility index (Phi) is 7.06. The van der Waals surface area contributed by atoms with E-state index in [-0.39, 0.29) is 24.4 Å². The second kappa shape index (κ2) is 8.05. The molecule has 0 spiro atoms. The molecule has 8 heteroatoms. The van der Waals surface area contributed by atoms with Crippen molar-refractivity contribution in [3.63, 3.8) is 0 Å².